The van der Waals surface area contributed by atoms with Gasteiger partial charge in [0.05, 0.1) is 13.7 Å². The van der Waals surface area contributed by atoms with Crippen LogP contribution in [0.15, 0.2) is 17.0 Å². The van der Waals surface area contributed by atoms with Gasteiger partial charge in [-0.2, -0.15) is 0 Å². The second kappa shape index (κ2) is 4.31. The molecule has 0 N–H and O–H groups in total. The van der Waals surface area contributed by atoms with E-state index in [2.05, 4.69) is 0 Å². The zero-order valence-corrected chi connectivity index (χ0v) is 12.1. The second-order valence-electron chi connectivity index (χ2n) is 4.89. The number of benzene rings is 1. The summed E-state index contributed by atoms with van der Waals surface area (Å²) in [5.41, 5.74) is 0.699. The molecule has 0 spiro atoms. The smallest absolute Gasteiger partial charge is 0.268 e. The number of halogens is 1. The van der Waals surface area contributed by atoms with Gasteiger partial charge in [0, 0.05) is 16.2 Å². The van der Waals surface area contributed by atoms with Crippen molar-refractivity contribution in [1.82, 2.24) is 0 Å². The fourth-order valence-corrected chi connectivity index (χ4v) is 3.38. The number of methoxy groups -OCH3 is 1. The molecule has 0 bridgehead atoms. The minimum Gasteiger partial charge on any atom is -0.495 e. The standard InChI is InChI=1S/C12H15ClO4S/c1-12(2)6-7-17-10-8(12)4-5-9(16-3)11(10)18(13,14)15/h4-5H,6-7H2,1-3H3. The molecule has 2 rings (SSSR count). The molecule has 0 aliphatic carbocycles. The van der Waals surface area contributed by atoms with Gasteiger partial charge in [-0.05, 0) is 17.9 Å². The number of rotatable bonds is 2. The molecule has 4 nitrogen and oxygen atoms in total. The van der Waals surface area contributed by atoms with E-state index in [1.165, 1.54) is 7.11 Å². The Morgan fingerprint density at radius 2 is 2.06 bits per heavy atom. The summed E-state index contributed by atoms with van der Waals surface area (Å²) in [5, 5.41) is 0. The first-order chi connectivity index (χ1) is 8.27. The Balaban J connectivity index is 2.79. The number of hydrogen-bond acceptors (Lipinski definition) is 4. The van der Waals surface area contributed by atoms with Gasteiger partial charge in [-0.1, -0.05) is 19.9 Å². The summed E-state index contributed by atoms with van der Waals surface area (Å²) in [5.74, 6) is 0.530. The summed E-state index contributed by atoms with van der Waals surface area (Å²) < 4.78 is 34.0. The highest BCUT2D eigenvalue weighted by Crippen LogP contribution is 2.46. The van der Waals surface area contributed by atoms with E-state index in [4.69, 9.17) is 20.2 Å². The highest BCUT2D eigenvalue weighted by molar-refractivity contribution is 8.14. The van der Waals surface area contributed by atoms with Gasteiger partial charge >= 0.3 is 0 Å². The van der Waals surface area contributed by atoms with Crippen molar-refractivity contribution in [2.75, 3.05) is 13.7 Å². The lowest BCUT2D eigenvalue weighted by atomic mass is 9.80. The molecular formula is C12H15ClO4S. The van der Waals surface area contributed by atoms with Gasteiger partial charge in [0.1, 0.15) is 11.5 Å². The first-order valence-corrected chi connectivity index (χ1v) is 7.87. The van der Waals surface area contributed by atoms with Crippen molar-refractivity contribution in [2.24, 2.45) is 0 Å². The summed E-state index contributed by atoms with van der Waals surface area (Å²) in [7, 11) is 2.97. The predicted molar refractivity (Wildman–Crippen MR) is 69.2 cm³/mol. The zero-order chi connectivity index (χ0) is 13.6. The van der Waals surface area contributed by atoms with Crippen LogP contribution < -0.4 is 9.47 Å². The molecule has 1 heterocycles. The largest absolute Gasteiger partial charge is 0.495 e. The van der Waals surface area contributed by atoms with Crippen molar-refractivity contribution in [3.05, 3.63) is 17.7 Å². The quantitative estimate of drug-likeness (QED) is 0.786. The number of fused-ring (bicyclic) bond motifs is 1. The molecule has 1 aliphatic heterocycles. The highest BCUT2D eigenvalue weighted by Gasteiger charge is 2.35. The Hall–Kier alpha value is -0.940. The van der Waals surface area contributed by atoms with Gasteiger partial charge in [0.15, 0.2) is 4.90 Å². The maximum atomic E-state index is 11.7. The fourth-order valence-electron chi connectivity index (χ4n) is 2.16. The van der Waals surface area contributed by atoms with Crippen molar-refractivity contribution in [3.8, 4) is 11.5 Å². The molecule has 0 atom stereocenters. The molecule has 0 fully saturated rings. The molecule has 0 unspecified atom stereocenters. The van der Waals surface area contributed by atoms with Crippen molar-refractivity contribution in [3.63, 3.8) is 0 Å². The summed E-state index contributed by atoms with van der Waals surface area (Å²) >= 11 is 0. The van der Waals surface area contributed by atoms with E-state index < -0.39 is 9.05 Å². The zero-order valence-electron chi connectivity index (χ0n) is 10.5. The first kappa shape index (κ1) is 13.5. The van der Waals surface area contributed by atoms with Crippen molar-refractivity contribution >= 4 is 19.7 Å². The Morgan fingerprint density at radius 1 is 1.39 bits per heavy atom. The number of hydrogen-bond donors (Lipinski definition) is 0. The molecule has 0 saturated heterocycles. The fraction of sp³-hybridized carbons (Fsp3) is 0.500. The van der Waals surface area contributed by atoms with Crippen LogP contribution in [0.1, 0.15) is 25.8 Å². The third-order valence-electron chi connectivity index (χ3n) is 3.24. The summed E-state index contributed by atoms with van der Waals surface area (Å²) in [6.45, 7) is 4.56. The Morgan fingerprint density at radius 3 is 2.61 bits per heavy atom. The Labute approximate surface area is 111 Å². The Kier molecular flexibility index (Phi) is 3.23. The van der Waals surface area contributed by atoms with E-state index in [1.807, 2.05) is 19.9 Å². The van der Waals surface area contributed by atoms with Crippen LogP contribution in [0, 0.1) is 0 Å². The summed E-state index contributed by atoms with van der Waals surface area (Å²) in [6, 6.07) is 3.45. The van der Waals surface area contributed by atoms with E-state index in [1.54, 1.807) is 6.07 Å². The number of ether oxygens (including phenoxy) is 2. The third-order valence-corrected chi connectivity index (χ3v) is 4.58. The monoisotopic (exact) mass is 290 g/mol. The Bertz CT molecular complexity index is 578. The van der Waals surface area contributed by atoms with Gasteiger partial charge in [-0.3, -0.25) is 0 Å². The SMILES string of the molecule is COc1ccc2c(c1S(=O)(=O)Cl)OCCC2(C)C. The van der Waals surface area contributed by atoms with E-state index in [-0.39, 0.29) is 16.1 Å². The first-order valence-electron chi connectivity index (χ1n) is 5.56. The minimum absolute atomic E-state index is 0.0723. The molecular weight excluding hydrogens is 276 g/mol. The van der Waals surface area contributed by atoms with E-state index >= 15 is 0 Å². The topological polar surface area (TPSA) is 52.6 Å². The third kappa shape index (κ3) is 2.17. The summed E-state index contributed by atoms with van der Waals surface area (Å²) in [6.07, 6.45) is 0.827. The van der Waals surface area contributed by atoms with Crippen LogP contribution >= 0.6 is 10.7 Å². The lowest BCUT2D eigenvalue weighted by Crippen LogP contribution is -2.27. The van der Waals surface area contributed by atoms with Crippen molar-refractivity contribution < 1.29 is 17.9 Å². The van der Waals surface area contributed by atoms with Gasteiger partial charge in [0.25, 0.3) is 9.05 Å². The molecule has 0 aromatic heterocycles. The highest BCUT2D eigenvalue weighted by atomic mass is 35.7. The van der Waals surface area contributed by atoms with Crippen LogP contribution in [-0.4, -0.2) is 22.1 Å². The normalized spacial score (nSPS) is 17.8. The van der Waals surface area contributed by atoms with E-state index in [9.17, 15) is 8.42 Å². The predicted octanol–water partition coefficient (Wildman–Crippen LogP) is 2.68. The van der Waals surface area contributed by atoms with Gasteiger partial charge in [-0.15, -0.1) is 0 Å². The van der Waals surface area contributed by atoms with Crippen LogP contribution in [0.25, 0.3) is 0 Å². The molecule has 0 amide bonds. The van der Waals surface area contributed by atoms with E-state index in [0.29, 0.717) is 12.4 Å². The van der Waals surface area contributed by atoms with Gasteiger partial charge in [-0.25, -0.2) is 8.42 Å². The van der Waals surface area contributed by atoms with Crippen LogP contribution in [0.5, 0.6) is 11.5 Å². The van der Waals surface area contributed by atoms with Crippen molar-refractivity contribution in [2.45, 2.75) is 30.6 Å². The summed E-state index contributed by atoms with van der Waals surface area (Å²) in [4.78, 5) is -0.0723. The lowest BCUT2D eigenvalue weighted by molar-refractivity contribution is 0.225. The van der Waals surface area contributed by atoms with Crippen LogP contribution in [0.3, 0.4) is 0 Å². The van der Waals surface area contributed by atoms with Crippen molar-refractivity contribution in [1.29, 1.82) is 0 Å². The van der Waals surface area contributed by atoms with Crippen LogP contribution in [0.2, 0.25) is 0 Å². The second-order valence-corrected chi connectivity index (χ2v) is 7.40. The molecule has 100 valence electrons. The molecule has 0 saturated carbocycles. The van der Waals surface area contributed by atoms with E-state index in [0.717, 1.165) is 12.0 Å². The molecule has 1 aromatic rings. The van der Waals surface area contributed by atoms with Gasteiger partial charge in [0.2, 0.25) is 0 Å². The maximum Gasteiger partial charge on any atom is 0.268 e. The van der Waals surface area contributed by atoms with Crippen LogP contribution in [0.4, 0.5) is 0 Å². The molecule has 6 heteroatoms. The van der Waals surface area contributed by atoms with Gasteiger partial charge < -0.3 is 9.47 Å². The molecule has 18 heavy (non-hydrogen) atoms. The average molecular weight is 291 g/mol. The maximum absolute atomic E-state index is 11.7. The molecule has 1 aromatic carbocycles. The lowest BCUT2D eigenvalue weighted by Gasteiger charge is -2.33. The van der Waals surface area contributed by atoms with Crippen LogP contribution in [-0.2, 0) is 14.5 Å². The average Bonchev–Trinajstić information content (AvgIpc) is 2.25. The molecule has 1 aliphatic rings. The minimum atomic E-state index is -3.91. The molecule has 0 radical (unpaired) electrons.